The Kier molecular flexibility index (Phi) is 3.12. The summed E-state index contributed by atoms with van der Waals surface area (Å²) < 4.78 is 1.75. The average molecular weight is 318 g/mol. The van der Waals surface area contributed by atoms with Crippen molar-refractivity contribution in [1.82, 2.24) is 14.6 Å². The van der Waals surface area contributed by atoms with E-state index in [-0.39, 0.29) is 0 Å². The van der Waals surface area contributed by atoms with Crippen molar-refractivity contribution in [2.24, 2.45) is 0 Å². The zero-order chi connectivity index (χ0) is 14.4. The van der Waals surface area contributed by atoms with Gasteiger partial charge >= 0.3 is 0 Å². The predicted molar refractivity (Wildman–Crippen MR) is 85.1 cm³/mol. The van der Waals surface area contributed by atoms with Crippen molar-refractivity contribution in [2.75, 3.05) is 0 Å². The summed E-state index contributed by atoms with van der Waals surface area (Å²) in [6.07, 6.45) is 6.16. The van der Waals surface area contributed by atoms with Crippen molar-refractivity contribution in [2.45, 2.75) is 25.7 Å². The van der Waals surface area contributed by atoms with Crippen molar-refractivity contribution in [3.05, 3.63) is 51.9 Å². The van der Waals surface area contributed by atoms with Crippen LogP contribution in [0.4, 0.5) is 0 Å². The van der Waals surface area contributed by atoms with E-state index in [1.54, 1.807) is 4.52 Å². The molecule has 0 fully saturated rings. The second-order valence-corrected chi connectivity index (χ2v) is 6.13. The molecule has 3 aromatic rings. The predicted octanol–water partition coefficient (Wildman–Crippen LogP) is 4.58. The lowest BCUT2D eigenvalue weighted by atomic mass is 9.97. The third kappa shape index (κ3) is 2.12. The fourth-order valence-electron chi connectivity index (χ4n) is 2.92. The molecule has 2 aromatic heterocycles. The Morgan fingerprint density at radius 1 is 1.00 bits per heavy atom. The Hall–Kier alpha value is -1.58. The molecule has 1 aliphatic carbocycles. The molecule has 0 saturated heterocycles. The molecule has 5 heteroatoms. The first-order valence-electron chi connectivity index (χ1n) is 7.05. The second kappa shape index (κ2) is 5.00. The van der Waals surface area contributed by atoms with E-state index >= 15 is 0 Å². The number of halogens is 2. The summed E-state index contributed by atoms with van der Waals surface area (Å²) in [7, 11) is 0. The van der Waals surface area contributed by atoms with E-state index in [1.807, 2.05) is 30.5 Å². The number of hydrogen-bond donors (Lipinski definition) is 0. The maximum absolute atomic E-state index is 6.52. The summed E-state index contributed by atoms with van der Waals surface area (Å²) in [5, 5.41) is 5.84. The molecule has 4 rings (SSSR count). The van der Waals surface area contributed by atoms with Gasteiger partial charge in [0.15, 0.2) is 5.65 Å². The Morgan fingerprint density at radius 2 is 1.76 bits per heavy atom. The van der Waals surface area contributed by atoms with Gasteiger partial charge in [-0.15, -0.1) is 0 Å². The first kappa shape index (κ1) is 13.1. The van der Waals surface area contributed by atoms with E-state index in [0.717, 1.165) is 45.9 Å². The monoisotopic (exact) mass is 317 g/mol. The number of fused-ring (bicyclic) bond motifs is 2. The second-order valence-electron chi connectivity index (χ2n) is 5.34. The Balaban J connectivity index is 1.95. The third-order valence-electron chi connectivity index (χ3n) is 4.01. The van der Waals surface area contributed by atoms with E-state index in [4.69, 9.17) is 28.2 Å². The van der Waals surface area contributed by atoms with E-state index < -0.39 is 0 Å². The van der Waals surface area contributed by atoms with Crippen LogP contribution in [0.15, 0.2) is 30.5 Å². The zero-order valence-corrected chi connectivity index (χ0v) is 12.8. The fraction of sp³-hybridized carbons (Fsp3) is 0.250. The summed E-state index contributed by atoms with van der Waals surface area (Å²) >= 11 is 12.5. The quantitative estimate of drug-likeness (QED) is 0.615. The van der Waals surface area contributed by atoms with Crippen LogP contribution < -0.4 is 0 Å². The van der Waals surface area contributed by atoms with Crippen LogP contribution in [0.2, 0.25) is 10.2 Å². The van der Waals surface area contributed by atoms with Crippen molar-refractivity contribution in [3.63, 3.8) is 0 Å². The molecule has 2 heterocycles. The highest BCUT2D eigenvalue weighted by atomic mass is 35.5. The topological polar surface area (TPSA) is 30.2 Å². The van der Waals surface area contributed by atoms with E-state index in [0.29, 0.717) is 5.15 Å². The third-order valence-corrected chi connectivity index (χ3v) is 4.65. The van der Waals surface area contributed by atoms with Crippen LogP contribution in [0, 0.1) is 0 Å². The summed E-state index contributed by atoms with van der Waals surface area (Å²) in [6, 6.07) is 7.71. The summed E-state index contributed by atoms with van der Waals surface area (Å²) in [5.74, 6) is 0. The van der Waals surface area contributed by atoms with Gasteiger partial charge in [0, 0.05) is 21.8 Å². The molecule has 0 aliphatic heterocycles. The minimum atomic E-state index is 0.704. The minimum absolute atomic E-state index is 0.704. The smallest absolute Gasteiger partial charge is 0.164 e. The Bertz CT molecular complexity index is 822. The number of aromatic nitrogens is 3. The first-order valence-corrected chi connectivity index (χ1v) is 7.80. The lowest BCUT2D eigenvalue weighted by molar-refractivity contribution is 0.660. The van der Waals surface area contributed by atoms with Gasteiger partial charge in [0.1, 0.15) is 5.15 Å². The lowest BCUT2D eigenvalue weighted by Crippen LogP contribution is -2.10. The zero-order valence-electron chi connectivity index (χ0n) is 11.3. The van der Waals surface area contributed by atoms with Crippen LogP contribution >= 0.6 is 23.2 Å². The molecule has 0 bridgehead atoms. The molecular weight excluding hydrogens is 305 g/mol. The molecule has 0 radical (unpaired) electrons. The van der Waals surface area contributed by atoms with Gasteiger partial charge in [-0.2, -0.15) is 5.10 Å². The van der Waals surface area contributed by atoms with Crippen molar-refractivity contribution in [3.8, 4) is 11.1 Å². The first-order chi connectivity index (χ1) is 10.2. The van der Waals surface area contributed by atoms with Crippen LogP contribution in [0.1, 0.15) is 24.1 Å². The number of nitrogens with zero attached hydrogens (tertiary/aromatic N) is 3. The molecule has 0 saturated carbocycles. The van der Waals surface area contributed by atoms with Crippen molar-refractivity contribution in [1.29, 1.82) is 0 Å². The summed E-state index contributed by atoms with van der Waals surface area (Å²) in [4.78, 5) is 4.82. The molecule has 106 valence electrons. The van der Waals surface area contributed by atoms with Gasteiger partial charge in [-0.3, -0.25) is 0 Å². The van der Waals surface area contributed by atoms with Gasteiger partial charge in [-0.05, 0) is 43.4 Å². The maximum atomic E-state index is 6.52. The number of hydrogen-bond acceptors (Lipinski definition) is 2. The number of aryl methyl sites for hydroxylation is 1. The van der Waals surface area contributed by atoms with Gasteiger partial charge in [0.2, 0.25) is 0 Å². The van der Waals surface area contributed by atoms with E-state index in [1.165, 1.54) is 12.8 Å². The number of benzene rings is 1. The fourth-order valence-corrected chi connectivity index (χ4v) is 3.37. The highest BCUT2D eigenvalue weighted by Gasteiger charge is 2.20. The minimum Gasteiger partial charge on any atom is -0.233 e. The molecule has 0 unspecified atom stereocenters. The normalized spacial score (nSPS) is 14.4. The SMILES string of the molecule is Clc1ccc(-c2cnn3c(Cl)c4c(nc23)CCCC4)cc1. The average Bonchev–Trinajstić information content (AvgIpc) is 2.92. The summed E-state index contributed by atoms with van der Waals surface area (Å²) in [5.41, 5.74) is 5.13. The molecule has 0 N–H and O–H groups in total. The molecule has 1 aliphatic rings. The van der Waals surface area contributed by atoms with E-state index in [9.17, 15) is 0 Å². The standard InChI is InChI=1S/C16H13Cl2N3/c17-11-7-5-10(6-8-11)13-9-19-21-15(18)12-3-1-2-4-14(12)20-16(13)21/h5-9H,1-4H2. The molecule has 0 amide bonds. The van der Waals surface area contributed by atoms with Crippen LogP contribution in [-0.4, -0.2) is 14.6 Å². The molecule has 0 atom stereocenters. The summed E-state index contributed by atoms with van der Waals surface area (Å²) in [6.45, 7) is 0. The van der Waals surface area contributed by atoms with Crippen LogP contribution in [-0.2, 0) is 12.8 Å². The molecule has 21 heavy (non-hydrogen) atoms. The van der Waals surface area contributed by atoms with Gasteiger partial charge in [-0.25, -0.2) is 9.50 Å². The van der Waals surface area contributed by atoms with Gasteiger partial charge in [0.25, 0.3) is 0 Å². The number of rotatable bonds is 1. The Labute approximate surface area is 132 Å². The molecule has 1 aromatic carbocycles. The van der Waals surface area contributed by atoms with Gasteiger partial charge in [0.05, 0.1) is 6.20 Å². The highest BCUT2D eigenvalue weighted by Crippen LogP contribution is 2.31. The highest BCUT2D eigenvalue weighted by molar-refractivity contribution is 6.31. The maximum Gasteiger partial charge on any atom is 0.164 e. The van der Waals surface area contributed by atoms with Crippen molar-refractivity contribution >= 4 is 28.8 Å². The van der Waals surface area contributed by atoms with E-state index in [2.05, 4.69) is 5.10 Å². The van der Waals surface area contributed by atoms with Gasteiger partial charge in [-0.1, -0.05) is 35.3 Å². The molecular formula is C16H13Cl2N3. The van der Waals surface area contributed by atoms with Gasteiger partial charge < -0.3 is 0 Å². The molecule has 0 spiro atoms. The molecule has 3 nitrogen and oxygen atoms in total. The lowest BCUT2D eigenvalue weighted by Gasteiger charge is -2.16. The van der Waals surface area contributed by atoms with Crippen molar-refractivity contribution < 1.29 is 0 Å². The van der Waals surface area contributed by atoms with Crippen LogP contribution in [0.25, 0.3) is 16.8 Å². The Morgan fingerprint density at radius 3 is 2.57 bits per heavy atom. The van der Waals surface area contributed by atoms with Crippen LogP contribution in [0.5, 0.6) is 0 Å². The largest absolute Gasteiger partial charge is 0.233 e. The van der Waals surface area contributed by atoms with Crippen LogP contribution in [0.3, 0.4) is 0 Å².